The molecule has 3 fully saturated rings. The number of aromatic nitrogens is 1. The van der Waals surface area contributed by atoms with E-state index in [2.05, 4.69) is 46.7 Å². The number of nitrogens with zero attached hydrogens (tertiary/aromatic N) is 4. The highest BCUT2D eigenvalue weighted by Gasteiger charge is 2.40. The van der Waals surface area contributed by atoms with Gasteiger partial charge < -0.3 is 10.0 Å². The SMILES string of the molecule is Cc1cc(F)ccc1CN1CCc2cc(-c3c(CN4CCC5(CCC5)CC4)nc(C)c(CC(=O)O)c3N3CCC(C)(C)CC3)ccc2C1. The second-order valence-corrected chi connectivity index (χ2v) is 16.2. The van der Waals surface area contributed by atoms with Crippen LogP contribution in [0.3, 0.4) is 0 Å². The molecule has 6 nitrogen and oxygen atoms in total. The van der Waals surface area contributed by atoms with Gasteiger partial charge in [-0.3, -0.25) is 19.6 Å². The standard InChI is InChI=1S/C41H53FN4O2/c1-28-22-34(42)9-8-32(28)25-45-17-10-30-23-31(6-7-33(30)26-45)38-36(27-44-18-15-41(16-19-44)11-5-12-41)43-29(2)35(24-37(47)48)39(38)46-20-13-40(3,4)14-21-46/h6-9,22-23H,5,10-21,24-27H2,1-4H3,(H,47,48). The highest BCUT2D eigenvalue weighted by molar-refractivity contribution is 5.87. The Balaban J connectivity index is 1.25. The fourth-order valence-electron chi connectivity index (χ4n) is 8.80. The van der Waals surface area contributed by atoms with E-state index in [9.17, 15) is 14.3 Å². The van der Waals surface area contributed by atoms with Crippen LogP contribution in [0, 0.1) is 30.5 Å². The van der Waals surface area contributed by atoms with Crippen LogP contribution < -0.4 is 4.90 Å². The van der Waals surface area contributed by atoms with Crippen LogP contribution in [-0.2, 0) is 37.3 Å². The van der Waals surface area contributed by atoms with Crippen molar-refractivity contribution < 1.29 is 14.3 Å². The first kappa shape index (κ1) is 33.2. The van der Waals surface area contributed by atoms with Gasteiger partial charge >= 0.3 is 5.97 Å². The normalized spacial score (nSPS) is 20.8. The van der Waals surface area contributed by atoms with Gasteiger partial charge in [0.2, 0.25) is 0 Å². The molecule has 0 amide bonds. The molecule has 48 heavy (non-hydrogen) atoms. The number of aliphatic carboxylic acids is 1. The number of carboxylic acid groups (broad SMARTS) is 1. The van der Waals surface area contributed by atoms with Crippen LogP contribution in [0.25, 0.3) is 11.1 Å². The lowest BCUT2D eigenvalue weighted by molar-refractivity contribution is -0.136. The molecule has 1 spiro atoms. The first-order valence-corrected chi connectivity index (χ1v) is 18.3. The van der Waals surface area contributed by atoms with Gasteiger partial charge in [0, 0.05) is 56.1 Å². The zero-order chi connectivity index (χ0) is 33.6. The van der Waals surface area contributed by atoms with Crippen LogP contribution in [0.15, 0.2) is 36.4 Å². The van der Waals surface area contributed by atoms with E-state index in [-0.39, 0.29) is 17.7 Å². The third kappa shape index (κ3) is 6.91. The summed E-state index contributed by atoms with van der Waals surface area (Å²) in [6.07, 6.45) is 9.80. The van der Waals surface area contributed by atoms with E-state index < -0.39 is 5.97 Å². The highest BCUT2D eigenvalue weighted by atomic mass is 19.1. The average Bonchev–Trinajstić information content (AvgIpc) is 3.03. The highest BCUT2D eigenvalue weighted by Crippen LogP contribution is 2.49. The molecule has 2 saturated heterocycles. The number of aryl methyl sites for hydroxylation is 2. The largest absolute Gasteiger partial charge is 0.481 e. The number of fused-ring (bicyclic) bond motifs is 1. The van der Waals surface area contributed by atoms with Gasteiger partial charge in [0.05, 0.1) is 17.8 Å². The molecule has 2 aromatic carbocycles. The van der Waals surface area contributed by atoms with Crippen molar-refractivity contribution in [1.29, 1.82) is 0 Å². The second kappa shape index (κ2) is 13.2. The number of piperidine rings is 2. The monoisotopic (exact) mass is 652 g/mol. The van der Waals surface area contributed by atoms with Crippen LogP contribution in [0.1, 0.15) is 98.0 Å². The molecule has 3 aliphatic heterocycles. The maximum atomic E-state index is 13.7. The van der Waals surface area contributed by atoms with Crippen molar-refractivity contribution in [2.24, 2.45) is 10.8 Å². The minimum atomic E-state index is -0.805. The first-order valence-electron chi connectivity index (χ1n) is 18.3. The van der Waals surface area contributed by atoms with E-state index in [1.165, 1.54) is 48.8 Å². The number of carbonyl (C=O) groups is 1. The van der Waals surface area contributed by atoms with Gasteiger partial charge in [-0.25, -0.2) is 4.39 Å². The molecule has 0 radical (unpaired) electrons. The third-order valence-electron chi connectivity index (χ3n) is 12.3. The summed E-state index contributed by atoms with van der Waals surface area (Å²) >= 11 is 0. The summed E-state index contributed by atoms with van der Waals surface area (Å²) in [7, 11) is 0. The number of halogens is 1. The van der Waals surface area contributed by atoms with Crippen LogP contribution in [-0.4, -0.2) is 58.6 Å². The Morgan fingerprint density at radius 2 is 1.62 bits per heavy atom. The number of rotatable bonds is 8. The predicted molar refractivity (Wildman–Crippen MR) is 191 cm³/mol. The molecule has 7 rings (SSSR count). The molecule has 0 unspecified atom stereocenters. The average molecular weight is 653 g/mol. The fourth-order valence-corrected chi connectivity index (χ4v) is 8.80. The molecule has 3 aromatic rings. The molecule has 1 N–H and O–H groups in total. The number of pyridine rings is 1. The van der Waals surface area contributed by atoms with E-state index in [0.717, 1.165) is 111 Å². The van der Waals surface area contributed by atoms with Crippen LogP contribution in [0.4, 0.5) is 10.1 Å². The molecule has 256 valence electrons. The Hall–Kier alpha value is -3.29. The number of hydrogen-bond donors (Lipinski definition) is 1. The van der Waals surface area contributed by atoms with Gasteiger partial charge in [-0.15, -0.1) is 0 Å². The summed E-state index contributed by atoms with van der Waals surface area (Å²) in [5, 5.41) is 10.1. The van der Waals surface area contributed by atoms with Crippen LogP contribution in [0.5, 0.6) is 0 Å². The van der Waals surface area contributed by atoms with Gasteiger partial charge in [-0.1, -0.05) is 44.5 Å². The maximum absolute atomic E-state index is 13.7. The zero-order valence-corrected chi connectivity index (χ0v) is 29.5. The Labute approximate surface area is 286 Å². The van der Waals surface area contributed by atoms with Gasteiger partial charge in [-0.2, -0.15) is 0 Å². The minimum absolute atomic E-state index is 0.0176. The van der Waals surface area contributed by atoms with E-state index in [0.29, 0.717) is 5.41 Å². The molecule has 7 heteroatoms. The number of likely N-dealkylation sites (tertiary alicyclic amines) is 1. The first-order chi connectivity index (χ1) is 23.0. The summed E-state index contributed by atoms with van der Waals surface area (Å²) in [5.74, 6) is -0.986. The molecule has 1 saturated carbocycles. The molecule has 0 bridgehead atoms. The van der Waals surface area contributed by atoms with Crippen molar-refractivity contribution in [1.82, 2.24) is 14.8 Å². The van der Waals surface area contributed by atoms with Gasteiger partial charge in [0.25, 0.3) is 0 Å². The number of hydrogen-bond acceptors (Lipinski definition) is 5. The Kier molecular flexibility index (Phi) is 9.14. The lowest BCUT2D eigenvalue weighted by Gasteiger charge is -2.48. The molecule has 0 atom stereocenters. The van der Waals surface area contributed by atoms with Crippen molar-refractivity contribution >= 4 is 11.7 Å². The van der Waals surface area contributed by atoms with E-state index in [1.54, 1.807) is 12.1 Å². The van der Waals surface area contributed by atoms with Crippen molar-refractivity contribution in [3.63, 3.8) is 0 Å². The topological polar surface area (TPSA) is 59.9 Å². The van der Waals surface area contributed by atoms with E-state index in [1.807, 2.05) is 19.9 Å². The lowest BCUT2D eigenvalue weighted by Crippen LogP contribution is -2.43. The van der Waals surface area contributed by atoms with E-state index >= 15 is 0 Å². The Morgan fingerprint density at radius 1 is 0.875 bits per heavy atom. The van der Waals surface area contributed by atoms with Crippen molar-refractivity contribution in [3.8, 4) is 11.1 Å². The summed E-state index contributed by atoms with van der Waals surface area (Å²) in [6.45, 7) is 16.2. The molecule has 4 heterocycles. The summed E-state index contributed by atoms with van der Waals surface area (Å²) < 4.78 is 13.7. The maximum Gasteiger partial charge on any atom is 0.307 e. The minimum Gasteiger partial charge on any atom is -0.481 e. The van der Waals surface area contributed by atoms with Crippen molar-refractivity contribution in [3.05, 3.63) is 81.4 Å². The van der Waals surface area contributed by atoms with Crippen molar-refractivity contribution in [2.75, 3.05) is 37.6 Å². The summed E-state index contributed by atoms with van der Waals surface area (Å²) in [6, 6.07) is 12.0. The molecule has 1 aliphatic carbocycles. The molecular formula is C41H53FN4O2. The zero-order valence-electron chi connectivity index (χ0n) is 29.5. The summed E-state index contributed by atoms with van der Waals surface area (Å²) in [4.78, 5) is 25.1. The summed E-state index contributed by atoms with van der Waals surface area (Å²) in [5.41, 5.74) is 12.0. The Bertz CT molecular complexity index is 1680. The van der Waals surface area contributed by atoms with Gasteiger partial charge in [0.1, 0.15) is 5.82 Å². The van der Waals surface area contributed by atoms with Gasteiger partial charge in [-0.05, 0) is 123 Å². The molecule has 1 aromatic heterocycles. The molecular weight excluding hydrogens is 599 g/mol. The number of anilines is 1. The van der Waals surface area contributed by atoms with Crippen LogP contribution in [0.2, 0.25) is 0 Å². The lowest BCUT2D eigenvalue weighted by atomic mass is 9.63. The molecule has 4 aliphatic rings. The van der Waals surface area contributed by atoms with Crippen molar-refractivity contribution in [2.45, 2.75) is 105 Å². The smallest absolute Gasteiger partial charge is 0.307 e. The second-order valence-electron chi connectivity index (χ2n) is 16.2. The quantitative estimate of drug-likeness (QED) is 0.266. The number of carboxylic acids is 1. The fraction of sp³-hybridized carbons (Fsp3) is 0.561. The number of benzene rings is 2. The van der Waals surface area contributed by atoms with Crippen LogP contribution >= 0.6 is 0 Å². The Morgan fingerprint density at radius 3 is 2.29 bits per heavy atom. The third-order valence-corrected chi connectivity index (χ3v) is 12.3. The predicted octanol–water partition coefficient (Wildman–Crippen LogP) is 8.08. The van der Waals surface area contributed by atoms with E-state index in [4.69, 9.17) is 4.98 Å². The van der Waals surface area contributed by atoms with Gasteiger partial charge in [0.15, 0.2) is 0 Å².